The molecule has 3 rings (SSSR count). The average molecular weight is 358 g/mol. The number of halogens is 3. The summed E-state index contributed by atoms with van der Waals surface area (Å²) in [5, 5.41) is 7.02. The molecule has 2 heterocycles. The maximum Gasteiger partial charge on any atom is 0.433 e. The summed E-state index contributed by atoms with van der Waals surface area (Å²) < 4.78 is 39.0. The molecule has 2 aromatic heterocycles. The van der Waals surface area contributed by atoms with Crippen molar-refractivity contribution in [1.29, 1.82) is 0 Å². The van der Waals surface area contributed by atoms with Gasteiger partial charge in [-0.25, -0.2) is 9.97 Å². The number of rotatable bonds is 4. The summed E-state index contributed by atoms with van der Waals surface area (Å²) in [5.41, 5.74) is 2.81. The first kappa shape index (κ1) is 17.8. The SMILES string of the molecule is CCc1nc(/C=C/c2c[nH]nc2-c2ccc(C)cc2)cc(C(F)(F)F)n1. The van der Waals surface area contributed by atoms with Gasteiger partial charge in [0.25, 0.3) is 0 Å². The smallest absolute Gasteiger partial charge is 0.284 e. The number of hydrogen-bond donors (Lipinski definition) is 1. The van der Waals surface area contributed by atoms with Crippen LogP contribution in [0.4, 0.5) is 13.2 Å². The zero-order chi connectivity index (χ0) is 18.7. The molecule has 0 saturated carbocycles. The van der Waals surface area contributed by atoms with Crippen LogP contribution in [0.3, 0.4) is 0 Å². The fourth-order valence-electron chi connectivity index (χ4n) is 2.45. The van der Waals surface area contributed by atoms with Crippen molar-refractivity contribution in [1.82, 2.24) is 20.2 Å². The maximum absolute atomic E-state index is 13.0. The van der Waals surface area contributed by atoms with Gasteiger partial charge in [0.15, 0.2) is 0 Å². The number of aromatic nitrogens is 4. The van der Waals surface area contributed by atoms with Crippen LogP contribution in [0.15, 0.2) is 36.5 Å². The Morgan fingerprint density at radius 2 is 1.81 bits per heavy atom. The van der Waals surface area contributed by atoms with Crippen molar-refractivity contribution >= 4 is 12.2 Å². The summed E-state index contributed by atoms with van der Waals surface area (Å²) in [6.45, 7) is 3.71. The molecule has 0 aliphatic rings. The average Bonchev–Trinajstić information content (AvgIpc) is 3.08. The first-order valence-corrected chi connectivity index (χ1v) is 8.11. The summed E-state index contributed by atoms with van der Waals surface area (Å²) in [6, 6.07) is 8.80. The van der Waals surface area contributed by atoms with E-state index < -0.39 is 11.9 Å². The van der Waals surface area contributed by atoms with Crippen LogP contribution < -0.4 is 0 Å². The molecule has 0 spiro atoms. The fourth-order valence-corrected chi connectivity index (χ4v) is 2.45. The third kappa shape index (κ3) is 3.99. The van der Waals surface area contributed by atoms with Crippen molar-refractivity contribution in [2.24, 2.45) is 0 Å². The molecule has 0 unspecified atom stereocenters. The van der Waals surface area contributed by atoms with Gasteiger partial charge in [-0.3, -0.25) is 5.10 Å². The highest BCUT2D eigenvalue weighted by atomic mass is 19.4. The summed E-state index contributed by atoms with van der Waals surface area (Å²) >= 11 is 0. The second kappa shape index (κ2) is 7.11. The maximum atomic E-state index is 13.0. The molecule has 7 heteroatoms. The van der Waals surface area contributed by atoms with Gasteiger partial charge >= 0.3 is 6.18 Å². The normalized spacial score (nSPS) is 12.0. The molecular formula is C19H17F3N4. The Kier molecular flexibility index (Phi) is 4.88. The zero-order valence-electron chi connectivity index (χ0n) is 14.3. The van der Waals surface area contributed by atoms with E-state index in [4.69, 9.17) is 0 Å². The van der Waals surface area contributed by atoms with E-state index >= 15 is 0 Å². The third-order valence-electron chi connectivity index (χ3n) is 3.83. The van der Waals surface area contributed by atoms with Crippen LogP contribution in [0.1, 0.15) is 35.3 Å². The van der Waals surface area contributed by atoms with Gasteiger partial charge in [-0.1, -0.05) is 36.8 Å². The van der Waals surface area contributed by atoms with Crippen LogP contribution in [-0.4, -0.2) is 20.2 Å². The highest BCUT2D eigenvalue weighted by Crippen LogP contribution is 2.28. The number of H-pyrrole nitrogens is 1. The van der Waals surface area contributed by atoms with E-state index in [0.717, 1.165) is 28.5 Å². The molecule has 0 aliphatic carbocycles. The second-order valence-corrected chi connectivity index (χ2v) is 5.83. The van der Waals surface area contributed by atoms with Gasteiger partial charge in [0.05, 0.1) is 11.4 Å². The molecule has 3 aromatic rings. The Bertz CT molecular complexity index is 925. The van der Waals surface area contributed by atoms with E-state index in [0.29, 0.717) is 6.42 Å². The number of alkyl halides is 3. The number of nitrogens with zero attached hydrogens (tertiary/aromatic N) is 3. The van der Waals surface area contributed by atoms with Crippen LogP contribution in [0, 0.1) is 6.92 Å². The van der Waals surface area contributed by atoms with Crippen molar-refractivity contribution in [3.05, 3.63) is 64.9 Å². The topological polar surface area (TPSA) is 54.5 Å². The molecule has 4 nitrogen and oxygen atoms in total. The third-order valence-corrected chi connectivity index (χ3v) is 3.83. The van der Waals surface area contributed by atoms with E-state index in [1.807, 2.05) is 31.2 Å². The molecule has 26 heavy (non-hydrogen) atoms. The first-order valence-electron chi connectivity index (χ1n) is 8.11. The quantitative estimate of drug-likeness (QED) is 0.720. The van der Waals surface area contributed by atoms with E-state index in [1.54, 1.807) is 25.3 Å². The van der Waals surface area contributed by atoms with Crippen LogP contribution >= 0.6 is 0 Å². The molecule has 0 fully saturated rings. The lowest BCUT2D eigenvalue weighted by Gasteiger charge is -2.08. The van der Waals surface area contributed by atoms with Crippen molar-refractivity contribution in [2.75, 3.05) is 0 Å². The van der Waals surface area contributed by atoms with Gasteiger partial charge in [0.1, 0.15) is 11.5 Å². The summed E-state index contributed by atoms with van der Waals surface area (Å²) in [4.78, 5) is 7.70. The van der Waals surface area contributed by atoms with E-state index in [1.165, 1.54) is 0 Å². The lowest BCUT2D eigenvalue weighted by Crippen LogP contribution is -2.11. The lowest BCUT2D eigenvalue weighted by atomic mass is 10.1. The monoisotopic (exact) mass is 358 g/mol. The number of nitrogens with one attached hydrogen (secondary N) is 1. The number of aromatic amines is 1. The molecule has 0 radical (unpaired) electrons. The minimum Gasteiger partial charge on any atom is -0.284 e. The Morgan fingerprint density at radius 1 is 1.08 bits per heavy atom. The molecule has 0 amide bonds. The molecule has 0 aliphatic heterocycles. The molecule has 1 aromatic carbocycles. The van der Waals surface area contributed by atoms with Gasteiger partial charge in [0.2, 0.25) is 0 Å². The van der Waals surface area contributed by atoms with Crippen LogP contribution in [0.25, 0.3) is 23.4 Å². The first-order chi connectivity index (χ1) is 12.4. The largest absolute Gasteiger partial charge is 0.433 e. The van der Waals surface area contributed by atoms with E-state index in [9.17, 15) is 13.2 Å². The second-order valence-electron chi connectivity index (χ2n) is 5.83. The van der Waals surface area contributed by atoms with Gasteiger partial charge in [0, 0.05) is 23.7 Å². The predicted octanol–water partition coefficient (Wildman–Crippen LogP) is 4.93. The summed E-state index contributed by atoms with van der Waals surface area (Å²) in [7, 11) is 0. The summed E-state index contributed by atoms with van der Waals surface area (Å²) in [5.74, 6) is 0.158. The van der Waals surface area contributed by atoms with Crippen molar-refractivity contribution < 1.29 is 13.2 Å². The van der Waals surface area contributed by atoms with Crippen LogP contribution in [0.5, 0.6) is 0 Å². The van der Waals surface area contributed by atoms with Crippen molar-refractivity contribution in [3.8, 4) is 11.3 Å². The Morgan fingerprint density at radius 3 is 2.46 bits per heavy atom. The zero-order valence-corrected chi connectivity index (χ0v) is 14.3. The molecular weight excluding hydrogens is 341 g/mol. The lowest BCUT2D eigenvalue weighted by molar-refractivity contribution is -0.141. The molecule has 1 N–H and O–H groups in total. The Balaban J connectivity index is 1.94. The van der Waals surface area contributed by atoms with Crippen molar-refractivity contribution in [3.63, 3.8) is 0 Å². The van der Waals surface area contributed by atoms with Gasteiger partial charge in [-0.05, 0) is 25.1 Å². The van der Waals surface area contributed by atoms with E-state index in [2.05, 4.69) is 20.2 Å². The Labute approximate surface area is 148 Å². The van der Waals surface area contributed by atoms with Gasteiger partial charge < -0.3 is 0 Å². The highest BCUT2D eigenvalue weighted by molar-refractivity contribution is 5.77. The standard InChI is InChI=1S/C19H17F3N4/c1-3-17-24-15(10-16(25-17)19(20,21)22)9-8-14-11-23-26-18(14)13-6-4-12(2)5-7-13/h4-11H,3H2,1-2H3,(H,23,26)/b9-8+. The number of aryl methyl sites for hydroxylation is 2. The van der Waals surface area contributed by atoms with Crippen LogP contribution in [-0.2, 0) is 12.6 Å². The Hall–Kier alpha value is -2.96. The van der Waals surface area contributed by atoms with Gasteiger partial charge in [-0.15, -0.1) is 0 Å². The number of benzene rings is 1. The minimum absolute atomic E-state index is 0.158. The van der Waals surface area contributed by atoms with Crippen LogP contribution in [0.2, 0.25) is 0 Å². The summed E-state index contributed by atoms with van der Waals surface area (Å²) in [6.07, 6.45) is 0.751. The molecule has 0 bridgehead atoms. The minimum atomic E-state index is -4.50. The highest BCUT2D eigenvalue weighted by Gasteiger charge is 2.33. The fraction of sp³-hybridized carbons (Fsp3) is 0.211. The van der Waals surface area contributed by atoms with E-state index in [-0.39, 0.29) is 11.5 Å². The molecule has 134 valence electrons. The molecule has 0 atom stereocenters. The predicted molar refractivity (Wildman–Crippen MR) is 94.1 cm³/mol. The number of hydrogen-bond acceptors (Lipinski definition) is 3. The molecule has 0 saturated heterocycles. The van der Waals surface area contributed by atoms with Gasteiger partial charge in [-0.2, -0.15) is 18.3 Å². The van der Waals surface area contributed by atoms with Crippen molar-refractivity contribution in [2.45, 2.75) is 26.4 Å².